The predicted octanol–water partition coefficient (Wildman–Crippen LogP) is 5.10. The molecule has 1 aromatic heterocycles. The number of Topliss-reactive ketones (excluding diaryl/α,β-unsaturated/α-hetero) is 1. The average Bonchev–Trinajstić information content (AvgIpc) is 3.56. The molecule has 1 fully saturated rings. The summed E-state index contributed by atoms with van der Waals surface area (Å²) < 4.78 is 5.46. The number of aromatic nitrogens is 1. The lowest BCUT2D eigenvalue weighted by molar-refractivity contribution is -0.128. The molecule has 8 heteroatoms. The largest absolute Gasteiger partial charge is 0.497 e. The van der Waals surface area contributed by atoms with Crippen LogP contribution in [0.2, 0.25) is 5.02 Å². The fourth-order valence-corrected chi connectivity index (χ4v) is 6.52. The molecule has 1 unspecified atom stereocenters. The van der Waals surface area contributed by atoms with Crippen molar-refractivity contribution in [1.29, 1.82) is 5.26 Å². The Bertz CT molecular complexity index is 1640. The van der Waals surface area contributed by atoms with Crippen molar-refractivity contribution in [2.45, 2.75) is 11.5 Å². The van der Waals surface area contributed by atoms with Crippen LogP contribution in [-0.2, 0) is 10.3 Å². The minimum absolute atomic E-state index is 0.286. The van der Waals surface area contributed by atoms with Gasteiger partial charge in [-0.25, -0.2) is 0 Å². The number of nitrogens with one attached hydrogen (secondary N) is 2. The summed E-state index contributed by atoms with van der Waals surface area (Å²) in [6, 6.07) is 22.3. The summed E-state index contributed by atoms with van der Waals surface area (Å²) in [5.41, 5.74) is -0.489. The number of ether oxygens (including phenoxy) is 1. The molecule has 37 heavy (non-hydrogen) atoms. The van der Waals surface area contributed by atoms with Gasteiger partial charge in [0.2, 0.25) is 0 Å². The molecule has 4 aromatic rings. The first-order valence-corrected chi connectivity index (χ1v) is 12.2. The van der Waals surface area contributed by atoms with E-state index in [4.69, 9.17) is 16.3 Å². The van der Waals surface area contributed by atoms with E-state index >= 15 is 0 Å². The number of aromatic amines is 1. The first kappa shape index (κ1) is 23.3. The number of nitriles is 1. The second-order valence-corrected chi connectivity index (χ2v) is 10.00. The van der Waals surface area contributed by atoms with Crippen molar-refractivity contribution in [2.75, 3.05) is 26.0 Å². The number of carbonyl (C=O) groups excluding carboxylic acids is 2. The molecule has 1 amide bonds. The van der Waals surface area contributed by atoms with Crippen molar-refractivity contribution in [2.24, 2.45) is 5.41 Å². The molecule has 6 rings (SSSR count). The van der Waals surface area contributed by atoms with Crippen molar-refractivity contribution in [3.8, 4) is 11.8 Å². The van der Waals surface area contributed by atoms with E-state index in [1.807, 2.05) is 53.4 Å². The minimum Gasteiger partial charge on any atom is -0.497 e. The normalized spacial score (nSPS) is 24.7. The molecule has 3 heterocycles. The second kappa shape index (κ2) is 8.20. The number of ketones is 1. The minimum atomic E-state index is -1.82. The van der Waals surface area contributed by atoms with Crippen LogP contribution < -0.4 is 10.1 Å². The second-order valence-electron chi connectivity index (χ2n) is 9.56. The molecule has 0 bridgehead atoms. The quantitative estimate of drug-likeness (QED) is 0.372. The van der Waals surface area contributed by atoms with E-state index in [0.717, 1.165) is 11.1 Å². The molecule has 1 spiro atoms. The summed E-state index contributed by atoms with van der Waals surface area (Å²) >= 11 is 6.42. The molecule has 7 nitrogen and oxygen atoms in total. The standard InChI is InChI=1S/C29H23ClN4O3/c1-34-15-23(17-6-5-7-19(12-17)37-2)28(16-31,26(35)21-14-32-24-9-4-3-8-20(21)24)29(34)22-13-18(30)10-11-25(22)33-27(29)36/h3-14,23,32H,15H2,1-2H3,(H,33,36)/t23-,28+,29?/m0/s1. The number of methoxy groups -OCH3 is 1. The van der Waals surface area contributed by atoms with Crippen LogP contribution in [0.3, 0.4) is 0 Å². The molecule has 0 radical (unpaired) electrons. The van der Waals surface area contributed by atoms with Gasteiger partial charge in [-0.15, -0.1) is 0 Å². The first-order valence-electron chi connectivity index (χ1n) is 11.9. The highest BCUT2D eigenvalue weighted by Gasteiger charge is 2.74. The topological polar surface area (TPSA) is 98.2 Å². The zero-order valence-electron chi connectivity index (χ0n) is 20.2. The van der Waals surface area contributed by atoms with Crippen LogP contribution in [0.1, 0.15) is 27.4 Å². The molecular formula is C29H23ClN4O3. The predicted molar refractivity (Wildman–Crippen MR) is 141 cm³/mol. The summed E-state index contributed by atoms with van der Waals surface area (Å²) in [6.07, 6.45) is 1.63. The molecule has 2 N–H and O–H groups in total. The lowest BCUT2D eigenvalue weighted by atomic mass is 9.58. The van der Waals surface area contributed by atoms with Gasteiger partial charge in [0.1, 0.15) is 5.75 Å². The monoisotopic (exact) mass is 510 g/mol. The molecule has 0 aliphatic carbocycles. The summed E-state index contributed by atoms with van der Waals surface area (Å²) in [4.78, 5) is 33.9. The number of H-pyrrole nitrogens is 1. The van der Waals surface area contributed by atoms with Crippen molar-refractivity contribution in [3.63, 3.8) is 0 Å². The molecule has 2 aliphatic heterocycles. The average molecular weight is 511 g/mol. The Hall–Kier alpha value is -4.12. The Labute approximate surface area is 218 Å². The smallest absolute Gasteiger partial charge is 0.251 e. The first-order chi connectivity index (χ1) is 17.9. The zero-order chi connectivity index (χ0) is 25.9. The number of halogens is 1. The number of anilines is 1. The fraction of sp³-hybridized carbons (Fsp3) is 0.207. The number of hydrogen-bond acceptors (Lipinski definition) is 5. The highest BCUT2D eigenvalue weighted by atomic mass is 35.5. The number of likely N-dealkylation sites (N-methyl/N-ethyl adjacent to an activating group) is 1. The van der Waals surface area contributed by atoms with Crippen LogP contribution in [-0.4, -0.2) is 42.3 Å². The summed E-state index contributed by atoms with van der Waals surface area (Å²) in [7, 11) is 3.35. The van der Waals surface area contributed by atoms with Gasteiger partial charge < -0.3 is 15.0 Å². The number of amides is 1. The van der Waals surface area contributed by atoms with E-state index in [2.05, 4.69) is 16.4 Å². The number of para-hydroxylation sites is 1. The highest BCUT2D eigenvalue weighted by molar-refractivity contribution is 6.31. The number of hydrogen-bond donors (Lipinski definition) is 2. The van der Waals surface area contributed by atoms with Crippen molar-refractivity contribution in [3.05, 3.63) is 94.6 Å². The maximum absolute atomic E-state index is 14.8. The van der Waals surface area contributed by atoms with Crippen LogP contribution in [0.5, 0.6) is 5.75 Å². The maximum atomic E-state index is 14.8. The van der Waals surface area contributed by atoms with E-state index < -0.39 is 28.6 Å². The van der Waals surface area contributed by atoms with E-state index in [1.54, 1.807) is 38.6 Å². The van der Waals surface area contributed by atoms with E-state index in [-0.39, 0.29) is 6.54 Å². The number of nitrogens with zero attached hydrogens (tertiary/aromatic N) is 2. The van der Waals surface area contributed by atoms with Gasteiger partial charge >= 0.3 is 0 Å². The van der Waals surface area contributed by atoms with Crippen molar-refractivity contribution >= 4 is 39.9 Å². The molecule has 3 atom stereocenters. The summed E-state index contributed by atoms with van der Waals surface area (Å²) in [5.74, 6) is -0.888. The van der Waals surface area contributed by atoms with Gasteiger partial charge in [-0.3, -0.25) is 14.5 Å². The fourth-order valence-electron chi connectivity index (χ4n) is 6.35. The Morgan fingerprint density at radius 3 is 2.76 bits per heavy atom. The van der Waals surface area contributed by atoms with Crippen molar-refractivity contribution in [1.82, 2.24) is 9.88 Å². The number of benzene rings is 3. The van der Waals surface area contributed by atoms with E-state index in [0.29, 0.717) is 33.0 Å². The van der Waals surface area contributed by atoms with Crippen molar-refractivity contribution < 1.29 is 14.3 Å². The molecule has 0 saturated carbocycles. The van der Waals surface area contributed by atoms with Gasteiger partial charge in [-0.2, -0.15) is 5.26 Å². The summed E-state index contributed by atoms with van der Waals surface area (Å²) in [5, 5.41) is 15.2. The van der Waals surface area contributed by atoms with Crippen LogP contribution in [0.15, 0.2) is 72.9 Å². The number of fused-ring (bicyclic) bond motifs is 3. The molecule has 2 aliphatic rings. The Morgan fingerprint density at radius 1 is 1.16 bits per heavy atom. The Balaban J connectivity index is 1.69. The van der Waals surface area contributed by atoms with Crippen LogP contribution >= 0.6 is 11.6 Å². The van der Waals surface area contributed by atoms with Crippen LogP contribution in [0.4, 0.5) is 5.69 Å². The number of likely N-dealkylation sites (tertiary alicyclic amines) is 1. The Morgan fingerprint density at radius 2 is 1.97 bits per heavy atom. The van der Waals surface area contributed by atoms with Gasteiger partial charge in [0.25, 0.3) is 5.91 Å². The maximum Gasteiger partial charge on any atom is 0.251 e. The van der Waals surface area contributed by atoms with Gasteiger partial charge in [0, 0.05) is 51.4 Å². The zero-order valence-corrected chi connectivity index (χ0v) is 21.0. The van der Waals surface area contributed by atoms with E-state index in [9.17, 15) is 14.9 Å². The van der Waals surface area contributed by atoms with E-state index in [1.165, 1.54) is 0 Å². The Kier molecular flexibility index (Phi) is 5.16. The molecular weight excluding hydrogens is 488 g/mol. The highest BCUT2D eigenvalue weighted by Crippen LogP contribution is 2.63. The van der Waals surface area contributed by atoms with Gasteiger partial charge in [-0.05, 0) is 49.0 Å². The third kappa shape index (κ3) is 2.91. The van der Waals surface area contributed by atoms with Gasteiger partial charge in [0.15, 0.2) is 16.7 Å². The number of carbonyl (C=O) groups is 2. The van der Waals surface area contributed by atoms with Crippen LogP contribution in [0.25, 0.3) is 10.9 Å². The lowest BCUT2D eigenvalue weighted by Gasteiger charge is -2.41. The molecule has 1 saturated heterocycles. The van der Waals surface area contributed by atoms with Gasteiger partial charge in [0.05, 0.1) is 13.2 Å². The number of rotatable bonds is 4. The molecule has 184 valence electrons. The lowest BCUT2D eigenvalue weighted by Crippen LogP contribution is -2.58. The third-order valence-corrected chi connectivity index (χ3v) is 8.17. The third-order valence-electron chi connectivity index (χ3n) is 7.94. The molecule has 3 aromatic carbocycles. The SMILES string of the molecule is COc1cccc([C@@H]2CN(C)C3(C(=O)Nc4ccc(Cl)cc43)[C@@]2(C#N)C(=O)c2c[nH]c3ccccc23)c1. The van der Waals surface area contributed by atoms with Crippen LogP contribution in [0, 0.1) is 16.7 Å². The van der Waals surface area contributed by atoms with Gasteiger partial charge in [-0.1, -0.05) is 41.9 Å². The summed E-state index contributed by atoms with van der Waals surface area (Å²) in [6.45, 7) is 0.286.